The third-order valence-electron chi connectivity index (χ3n) is 4.95. The molecule has 3 aromatic carbocycles. The van der Waals surface area contributed by atoms with Crippen molar-refractivity contribution in [1.82, 2.24) is 9.66 Å². The highest BCUT2D eigenvalue weighted by Gasteiger charge is 2.31. The summed E-state index contributed by atoms with van der Waals surface area (Å²) in [6.07, 6.45) is -3.16. The monoisotopic (exact) mass is 453 g/mol. The van der Waals surface area contributed by atoms with E-state index in [0.717, 1.165) is 16.8 Å². The van der Waals surface area contributed by atoms with Crippen LogP contribution in [0.2, 0.25) is 0 Å². The molecule has 0 fully saturated rings. The van der Waals surface area contributed by atoms with Crippen molar-refractivity contribution >= 4 is 17.1 Å². The van der Waals surface area contributed by atoms with Crippen LogP contribution in [-0.2, 0) is 6.18 Å². The third-order valence-corrected chi connectivity index (χ3v) is 4.95. The Bertz CT molecular complexity index is 1410. The van der Waals surface area contributed by atoms with Gasteiger partial charge in [0, 0.05) is 17.2 Å². The Labute approximate surface area is 186 Å². The molecule has 0 aliphatic heterocycles. The average Bonchev–Trinajstić information content (AvgIpc) is 2.83. The molecule has 33 heavy (non-hydrogen) atoms. The van der Waals surface area contributed by atoms with Crippen LogP contribution in [0.4, 0.5) is 13.2 Å². The lowest BCUT2D eigenvalue weighted by atomic mass is 10.1. The SMILES string of the molecule is COc1ccc(C=Nn2c(-c3cccc(C(F)(F)F)c3)nc3ccccc3c2=O)c(OC)c1. The molecule has 0 radical (unpaired) electrons. The van der Waals surface area contributed by atoms with E-state index < -0.39 is 17.3 Å². The first-order valence-corrected chi connectivity index (χ1v) is 9.77. The zero-order valence-electron chi connectivity index (χ0n) is 17.6. The number of para-hydroxylation sites is 1. The summed E-state index contributed by atoms with van der Waals surface area (Å²) in [6, 6.07) is 16.2. The number of benzene rings is 3. The van der Waals surface area contributed by atoms with Crippen LogP contribution in [0.15, 0.2) is 76.6 Å². The van der Waals surface area contributed by atoms with E-state index in [1.165, 1.54) is 32.6 Å². The van der Waals surface area contributed by atoms with Gasteiger partial charge in [0.05, 0.1) is 36.9 Å². The summed E-state index contributed by atoms with van der Waals surface area (Å²) >= 11 is 0. The quantitative estimate of drug-likeness (QED) is 0.400. The van der Waals surface area contributed by atoms with Crippen LogP contribution >= 0.6 is 0 Å². The summed E-state index contributed by atoms with van der Waals surface area (Å²) in [7, 11) is 2.99. The van der Waals surface area contributed by atoms with Gasteiger partial charge >= 0.3 is 6.18 Å². The third kappa shape index (κ3) is 4.43. The predicted molar refractivity (Wildman–Crippen MR) is 119 cm³/mol. The van der Waals surface area contributed by atoms with Crippen LogP contribution < -0.4 is 15.0 Å². The van der Waals surface area contributed by atoms with Gasteiger partial charge in [-0.3, -0.25) is 4.79 Å². The Morgan fingerprint density at radius 1 is 0.970 bits per heavy atom. The highest BCUT2D eigenvalue weighted by Crippen LogP contribution is 2.32. The van der Waals surface area contributed by atoms with E-state index in [0.29, 0.717) is 22.6 Å². The van der Waals surface area contributed by atoms with E-state index in [2.05, 4.69) is 10.1 Å². The van der Waals surface area contributed by atoms with Crippen LogP contribution in [-0.4, -0.2) is 30.1 Å². The molecule has 0 unspecified atom stereocenters. The number of rotatable bonds is 5. The normalized spacial score (nSPS) is 11.8. The first-order chi connectivity index (χ1) is 15.8. The van der Waals surface area contributed by atoms with Crippen molar-refractivity contribution in [3.63, 3.8) is 0 Å². The van der Waals surface area contributed by atoms with Crippen molar-refractivity contribution < 1.29 is 22.6 Å². The fourth-order valence-corrected chi connectivity index (χ4v) is 3.30. The minimum absolute atomic E-state index is 0.0199. The molecule has 9 heteroatoms. The summed E-state index contributed by atoms with van der Waals surface area (Å²) in [5, 5.41) is 4.56. The fraction of sp³-hybridized carbons (Fsp3) is 0.125. The molecule has 0 N–H and O–H groups in total. The van der Waals surface area contributed by atoms with Crippen molar-refractivity contribution in [2.45, 2.75) is 6.18 Å². The zero-order chi connectivity index (χ0) is 23.6. The topological polar surface area (TPSA) is 65.7 Å². The van der Waals surface area contributed by atoms with Crippen molar-refractivity contribution in [3.05, 3.63) is 88.2 Å². The van der Waals surface area contributed by atoms with Gasteiger partial charge in [-0.1, -0.05) is 24.3 Å². The van der Waals surface area contributed by atoms with E-state index in [1.807, 2.05) is 0 Å². The predicted octanol–water partition coefficient (Wildman–Crippen LogP) is 4.98. The number of methoxy groups -OCH3 is 2. The van der Waals surface area contributed by atoms with Gasteiger partial charge in [0.25, 0.3) is 5.56 Å². The van der Waals surface area contributed by atoms with Gasteiger partial charge in [-0.2, -0.15) is 22.9 Å². The lowest BCUT2D eigenvalue weighted by Gasteiger charge is -2.12. The lowest BCUT2D eigenvalue weighted by molar-refractivity contribution is -0.137. The Morgan fingerprint density at radius 3 is 2.48 bits per heavy atom. The maximum Gasteiger partial charge on any atom is 0.416 e. The Hall–Kier alpha value is -4.14. The second-order valence-electron chi connectivity index (χ2n) is 7.00. The highest BCUT2D eigenvalue weighted by molar-refractivity contribution is 5.85. The van der Waals surface area contributed by atoms with Crippen molar-refractivity contribution in [3.8, 4) is 22.9 Å². The largest absolute Gasteiger partial charge is 0.497 e. The van der Waals surface area contributed by atoms with Crippen molar-refractivity contribution in [2.24, 2.45) is 5.10 Å². The van der Waals surface area contributed by atoms with E-state index in [4.69, 9.17) is 9.47 Å². The molecule has 0 atom stereocenters. The smallest absolute Gasteiger partial charge is 0.416 e. The van der Waals surface area contributed by atoms with Crippen LogP contribution in [0, 0.1) is 0 Å². The Kier molecular flexibility index (Phi) is 5.87. The molecular weight excluding hydrogens is 435 g/mol. The molecule has 6 nitrogen and oxygen atoms in total. The standard InChI is InChI=1S/C24H18F3N3O3/c1-32-18-11-10-16(21(13-18)33-2)14-28-30-22(15-6-5-7-17(12-15)24(25,26)27)29-20-9-4-3-8-19(20)23(30)31/h3-14H,1-2H3. The number of halogens is 3. The molecule has 0 saturated heterocycles. The number of alkyl halides is 3. The molecule has 4 aromatic rings. The van der Waals surface area contributed by atoms with Crippen molar-refractivity contribution in [2.75, 3.05) is 14.2 Å². The number of aromatic nitrogens is 2. The van der Waals surface area contributed by atoms with Gasteiger partial charge in [0.1, 0.15) is 11.5 Å². The number of nitrogens with zero attached hydrogens (tertiary/aromatic N) is 3. The van der Waals surface area contributed by atoms with Gasteiger partial charge in [0.2, 0.25) is 0 Å². The second-order valence-corrected chi connectivity index (χ2v) is 7.00. The van der Waals surface area contributed by atoms with Crippen LogP contribution in [0.25, 0.3) is 22.3 Å². The molecule has 0 aliphatic carbocycles. The Balaban J connectivity index is 1.92. The van der Waals surface area contributed by atoms with Crippen LogP contribution in [0.1, 0.15) is 11.1 Å². The molecule has 4 rings (SSSR count). The molecule has 1 heterocycles. The van der Waals surface area contributed by atoms with Crippen LogP contribution in [0.5, 0.6) is 11.5 Å². The van der Waals surface area contributed by atoms with Gasteiger partial charge in [-0.25, -0.2) is 4.98 Å². The number of fused-ring (bicyclic) bond motifs is 1. The molecule has 0 saturated carbocycles. The number of ether oxygens (including phenoxy) is 2. The summed E-state index contributed by atoms with van der Waals surface area (Å²) < 4.78 is 51.4. The first kappa shape index (κ1) is 22.1. The zero-order valence-corrected chi connectivity index (χ0v) is 17.6. The van der Waals surface area contributed by atoms with Gasteiger partial charge < -0.3 is 9.47 Å². The van der Waals surface area contributed by atoms with Gasteiger partial charge in [-0.05, 0) is 36.4 Å². The van der Waals surface area contributed by atoms with E-state index in [1.54, 1.807) is 42.5 Å². The average molecular weight is 453 g/mol. The van der Waals surface area contributed by atoms with E-state index in [-0.39, 0.29) is 16.8 Å². The van der Waals surface area contributed by atoms with Crippen molar-refractivity contribution in [1.29, 1.82) is 0 Å². The number of hydrogen-bond donors (Lipinski definition) is 0. The van der Waals surface area contributed by atoms with Gasteiger partial charge in [-0.15, -0.1) is 0 Å². The maximum absolute atomic E-state index is 13.3. The first-order valence-electron chi connectivity index (χ1n) is 9.77. The molecule has 1 aromatic heterocycles. The van der Waals surface area contributed by atoms with Gasteiger partial charge in [0.15, 0.2) is 5.82 Å². The van der Waals surface area contributed by atoms with E-state index in [9.17, 15) is 18.0 Å². The highest BCUT2D eigenvalue weighted by atomic mass is 19.4. The number of hydrogen-bond acceptors (Lipinski definition) is 5. The summed E-state index contributed by atoms with van der Waals surface area (Å²) in [4.78, 5) is 17.7. The molecule has 0 spiro atoms. The second kappa shape index (κ2) is 8.78. The lowest BCUT2D eigenvalue weighted by Crippen LogP contribution is -2.20. The molecule has 0 bridgehead atoms. The maximum atomic E-state index is 13.3. The summed E-state index contributed by atoms with van der Waals surface area (Å²) in [5.74, 6) is 0.993. The molecular formula is C24H18F3N3O3. The molecule has 168 valence electrons. The van der Waals surface area contributed by atoms with Crippen LogP contribution in [0.3, 0.4) is 0 Å². The summed E-state index contributed by atoms with van der Waals surface area (Å²) in [6.45, 7) is 0. The summed E-state index contributed by atoms with van der Waals surface area (Å²) in [5.41, 5.74) is -0.380. The Morgan fingerprint density at radius 2 is 1.76 bits per heavy atom. The minimum Gasteiger partial charge on any atom is -0.497 e. The molecule has 0 aliphatic rings. The fourth-order valence-electron chi connectivity index (χ4n) is 3.30. The van der Waals surface area contributed by atoms with E-state index >= 15 is 0 Å². The molecule has 0 amide bonds. The minimum atomic E-state index is -4.54.